The highest BCUT2D eigenvalue weighted by molar-refractivity contribution is 5.75. The van der Waals surface area contributed by atoms with Crippen molar-refractivity contribution in [2.75, 3.05) is 6.61 Å². The van der Waals surface area contributed by atoms with Gasteiger partial charge in [-0.05, 0) is 80.2 Å². The monoisotopic (exact) mass is 306 g/mol. The van der Waals surface area contributed by atoms with E-state index in [4.69, 9.17) is 4.74 Å². The van der Waals surface area contributed by atoms with Gasteiger partial charge in [0.1, 0.15) is 6.61 Å². The van der Waals surface area contributed by atoms with E-state index >= 15 is 0 Å². The van der Waals surface area contributed by atoms with Crippen LogP contribution in [0, 0.1) is 5.41 Å². The molecule has 0 saturated heterocycles. The summed E-state index contributed by atoms with van der Waals surface area (Å²) < 4.78 is 5.24. The lowest BCUT2D eigenvalue weighted by atomic mass is 9.97. The second kappa shape index (κ2) is 10.4. The maximum atomic E-state index is 11.6. The van der Waals surface area contributed by atoms with Gasteiger partial charge in [0.15, 0.2) is 0 Å². The van der Waals surface area contributed by atoms with Crippen LogP contribution in [0.3, 0.4) is 0 Å². The second-order valence-corrected chi connectivity index (χ2v) is 7.31. The first-order valence-corrected chi connectivity index (χ1v) is 8.24. The predicted octanol–water partition coefficient (Wildman–Crippen LogP) is 5.99. The first kappa shape index (κ1) is 20.7. The van der Waals surface area contributed by atoms with E-state index in [1.807, 2.05) is 26.8 Å². The van der Waals surface area contributed by atoms with E-state index in [1.165, 1.54) is 16.7 Å². The van der Waals surface area contributed by atoms with Crippen molar-refractivity contribution in [3.8, 4) is 0 Å². The normalized spacial score (nSPS) is 13.0. The maximum absolute atomic E-state index is 11.6. The Morgan fingerprint density at radius 2 is 1.36 bits per heavy atom. The quantitative estimate of drug-likeness (QED) is 0.406. The Morgan fingerprint density at radius 3 is 1.86 bits per heavy atom. The molecule has 0 rings (SSSR count). The van der Waals surface area contributed by atoms with Crippen molar-refractivity contribution in [1.82, 2.24) is 0 Å². The number of esters is 1. The molecule has 0 saturated carbocycles. The van der Waals surface area contributed by atoms with Gasteiger partial charge in [0.2, 0.25) is 0 Å². The Kier molecular flexibility index (Phi) is 9.80. The van der Waals surface area contributed by atoms with Gasteiger partial charge in [-0.3, -0.25) is 4.79 Å². The van der Waals surface area contributed by atoms with Gasteiger partial charge in [0.25, 0.3) is 0 Å². The minimum Gasteiger partial charge on any atom is -0.461 e. The van der Waals surface area contributed by atoms with Crippen LogP contribution in [0.2, 0.25) is 0 Å². The third-order valence-electron chi connectivity index (χ3n) is 3.38. The molecule has 0 aromatic carbocycles. The van der Waals surface area contributed by atoms with Gasteiger partial charge in [0.05, 0.1) is 5.41 Å². The van der Waals surface area contributed by atoms with Gasteiger partial charge in [-0.2, -0.15) is 0 Å². The van der Waals surface area contributed by atoms with Crippen LogP contribution in [0.25, 0.3) is 0 Å². The number of ether oxygens (including phenoxy) is 1. The maximum Gasteiger partial charge on any atom is 0.311 e. The number of hydrogen-bond acceptors (Lipinski definition) is 2. The summed E-state index contributed by atoms with van der Waals surface area (Å²) in [4.78, 5) is 11.6. The van der Waals surface area contributed by atoms with E-state index in [0.29, 0.717) is 6.61 Å². The summed E-state index contributed by atoms with van der Waals surface area (Å²) in [5.74, 6) is -0.147. The van der Waals surface area contributed by atoms with Crippen LogP contribution in [0.1, 0.15) is 74.1 Å². The molecule has 22 heavy (non-hydrogen) atoms. The summed E-state index contributed by atoms with van der Waals surface area (Å²) in [5.41, 5.74) is 3.68. The molecule has 0 amide bonds. The molecule has 0 aliphatic rings. The Balaban J connectivity index is 4.02. The zero-order valence-electron chi connectivity index (χ0n) is 15.6. The Morgan fingerprint density at radius 1 is 0.864 bits per heavy atom. The van der Waals surface area contributed by atoms with Crippen molar-refractivity contribution in [2.45, 2.75) is 74.1 Å². The molecule has 0 aliphatic carbocycles. The number of carbonyl (C=O) groups excluding carboxylic acids is 1. The van der Waals surface area contributed by atoms with Crippen LogP contribution >= 0.6 is 0 Å². The fourth-order valence-electron chi connectivity index (χ4n) is 1.81. The van der Waals surface area contributed by atoms with Crippen LogP contribution < -0.4 is 0 Å². The minimum atomic E-state index is -0.424. The fraction of sp³-hybridized carbons (Fsp3) is 0.650. The van der Waals surface area contributed by atoms with E-state index in [0.717, 1.165) is 25.7 Å². The molecule has 0 aliphatic heterocycles. The van der Waals surface area contributed by atoms with E-state index < -0.39 is 5.41 Å². The summed E-state index contributed by atoms with van der Waals surface area (Å²) >= 11 is 0. The van der Waals surface area contributed by atoms with Crippen molar-refractivity contribution in [1.29, 1.82) is 0 Å². The standard InChI is InChI=1S/C20H34O2/c1-16(2)10-8-11-17(3)12-9-13-18(4)14-15-22-19(21)20(5,6)7/h10,12,14H,8-9,11,13,15H2,1-7H3/b17-12+,18-14-. The zero-order chi connectivity index (χ0) is 17.2. The molecule has 0 fully saturated rings. The highest BCUT2D eigenvalue weighted by Crippen LogP contribution is 2.15. The molecule has 0 bridgehead atoms. The topological polar surface area (TPSA) is 26.3 Å². The summed E-state index contributed by atoms with van der Waals surface area (Å²) in [6.07, 6.45) is 10.9. The van der Waals surface area contributed by atoms with Gasteiger partial charge in [-0.15, -0.1) is 0 Å². The fourth-order valence-corrected chi connectivity index (χ4v) is 1.81. The lowest BCUT2D eigenvalue weighted by Crippen LogP contribution is -2.22. The minimum absolute atomic E-state index is 0.147. The van der Waals surface area contributed by atoms with E-state index in [9.17, 15) is 4.79 Å². The SMILES string of the molecule is CC(C)=CCC/C(C)=C/CC/C(C)=C\COC(=O)C(C)(C)C. The predicted molar refractivity (Wildman–Crippen MR) is 95.8 cm³/mol. The average molecular weight is 306 g/mol. The molecule has 126 valence electrons. The number of allylic oxidation sites excluding steroid dienone is 5. The highest BCUT2D eigenvalue weighted by atomic mass is 16.5. The van der Waals surface area contributed by atoms with Gasteiger partial charge < -0.3 is 4.74 Å². The first-order valence-electron chi connectivity index (χ1n) is 8.24. The molecular formula is C20H34O2. The van der Waals surface area contributed by atoms with Gasteiger partial charge in [-0.1, -0.05) is 28.9 Å². The molecule has 0 spiro atoms. The summed E-state index contributed by atoms with van der Waals surface area (Å²) in [6, 6.07) is 0. The average Bonchev–Trinajstić information content (AvgIpc) is 2.37. The smallest absolute Gasteiger partial charge is 0.311 e. The van der Waals surface area contributed by atoms with Crippen LogP contribution in [-0.2, 0) is 9.53 Å². The van der Waals surface area contributed by atoms with Gasteiger partial charge >= 0.3 is 5.97 Å². The molecule has 0 aromatic rings. The van der Waals surface area contributed by atoms with Crippen molar-refractivity contribution in [2.24, 2.45) is 5.41 Å². The molecule has 2 heteroatoms. The Labute approximate surface area is 137 Å². The molecule has 0 N–H and O–H groups in total. The third-order valence-corrected chi connectivity index (χ3v) is 3.38. The molecule has 0 unspecified atom stereocenters. The molecule has 2 nitrogen and oxygen atoms in total. The van der Waals surface area contributed by atoms with Crippen LogP contribution in [0.5, 0.6) is 0 Å². The van der Waals surface area contributed by atoms with Crippen molar-refractivity contribution in [3.05, 3.63) is 34.9 Å². The molecule has 0 heterocycles. The number of carbonyl (C=O) groups is 1. The lowest BCUT2D eigenvalue weighted by Gasteiger charge is -2.15. The lowest BCUT2D eigenvalue weighted by molar-refractivity contribution is -0.151. The first-order chi connectivity index (χ1) is 10.1. The van der Waals surface area contributed by atoms with Crippen LogP contribution in [0.4, 0.5) is 0 Å². The van der Waals surface area contributed by atoms with Crippen LogP contribution in [-0.4, -0.2) is 12.6 Å². The third kappa shape index (κ3) is 11.4. The summed E-state index contributed by atoms with van der Waals surface area (Å²) in [7, 11) is 0. The number of rotatable bonds is 8. The van der Waals surface area contributed by atoms with Crippen molar-refractivity contribution in [3.63, 3.8) is 0 Å². The molecule has 0 aromatic heterocycles. The molecule has 0 atom stereocenters. The second-order valence-electron chi connectivity index (χ2n) is 7.31. The van der Waals surface area contributed by atoms with E-state index in [1.54, 1.807) is 0 Å². The summed E-state index contributed by atoms with van der Waals surface area (Å²) in [6.45, 7) is 14.6. The van der Waals surface area contributed by atoms with E-state index in [-0.39, 0.29) is 5.97 Å². The largest absolute Gasteiger partial charge is 0.461 e. The van der Waals surface area contributed by atoms with Crippen molar-refractivity contribution >= 4 is 5.97 Å². The zero-order valence-corrected chi connectivity index (χ0v) is 15.6. The van der Waals surface area contributed by atoms with Gasteiger partial charge in [-0.25, -0.2) is 0 Å². The van der Waals surface area contributed by atoms with Crippen LogP contribution in [0.15, 0.2) is 34.9 Å². The molecule has 0 radical (unpaired) electrons. The Hall–Kier alpha value is -1.31. The molecular weight excluding hydrogens is 272 g/mol. The van der Waals surface area contributed by atoms with E-state index in [2.05, 4.69) is 39.8 Å². The Bertz CT molecular complexity index is 427. The van der Waals surface area contributed by atoms with Gasteiger partial charge in [0, 0.05) is 0 Å². The summed E-state index contributed by atoms with van der Waals surface area (Å²) in [5, 5.41) is 0. The highest BCUT2D eigenvalue weighted by Gasteiger charge is 2.22. The van der Waals surface area contributed by atoms with Crippen molar-refractivity contribution < 1.29 is 9.53 Å². The number of hydrogen-bond donors (Lipinski definition) is 0.